The number of hydrogen-bond donors (Lipinski definition) is 4. The van der Waals surface area contributed by atoms with Gasteiger partial charge in [0.15, 0.2) is 17.2 Å². The van der Waals surface area contributed by atoms with Crippen LogP contribution < -0.4 is 0 Å². The number of phenolic OH excluding ortho intramolecular Hbond substituents is 1. The number of phenols is 1. The molecule has 0 unspecified atom stereocenters. The van der Waals surface area contributed by atoms with Crippen LogP contribution in [0.1, 0.15) is 86.5 Å². The van der Waals surface area contributed by atoms with Crippen molar-refractivity contribution in [3.63, 3.8) is 0 Å². The first-order valence-corrected chi connectivity index (χ1v) is 14.8. The maximum Gasteiger partial charge on any atom is 0.209 e. The van der Waals surface area contributed by atoms with Gasteiger partial charge in [-0.15, -0.1) is 0 Å². The Morgan fingerprint density at radius 3 is 2.27 bits per heavy atom. The van der Waals surface area contributed by atoms with Crippen molar-refractivity contribution in [2.75, 3.05) is 0 Å². The zero-order chi connectivity index (χ0) is 32.4. The van der Waals surface area contributed by atoms with E-state index in [0.717, 1.165) is 30.9 Å². The summed E-state index contributed by atoms with van der Waals surface area (Å²) < 4.78 is 0. The second kappa shape index (κ2) is 10.6. The summed E-state index contributed by atoms with van der Waals surface area (Å²) in [6.07, 6.45) is 1.72. The molecule has 0 bridgehead atoms. The predicted molar refractivity (Wildman–Crippen MR) is 166 cm³/mol. The fourth-order valence-corrected chi connectivity index (χ4v) is 7.56. The topological polar surface area (TPSA) is 132 Å². The minimum Gasteiger partial charge on any atom is -0.511 e. The van der Waals surface area contributed by atoms with Gasteiger partial charge in [0.05, 0.1) is 5.56 Å². The normalized spacial score (nSPS) is 26.1. The second-order valence-electron chi connectivity index (χ2n) is 13.6. The number of aliphatic hydroxyl groups is 3. The van der Waals surface area contributed by atoms with Crippen molar-refractivity contribution in [1.82, 2.24) is 0 Å². The van der Waals surface area contributed by atoms with E-state index in [9.17, 15) is 34.8 Å². The summed E-state index contributed by atoms with van der Waals surface area (Å²) in [5.74, 6) is 2.66. The molecular weight excluding hydrogens is 556 g/mol. The molecule has 0 saturated heterocycles. The molecule has 0 radical (unpaired) electrons. The van der Waals surface area contributed by atoms with E-state index >= 15 is 0 Å². The molecule has 0 amide bonds. The first kappa shape index (κ1) is 31.0. The van der Waals surface area contributed by atoms with Crippen molar-refractivity contribution >= 4 is 17.3 Å². The van der Waals surface area contributed by atoms with Crippen molar-refractivity contribution in [3.8, 4) is 17.6 Å². The monoisotopic (exact) mass is 594 g/mol. The average Bonchev–Trinajstić information content (AvgIpc) is 2.90. The molecule has 7 nitrogen and oxygen atoms in total. The summed E-state index contributed by atoms with van der Waals surface area (Å²) in [5.41, 5.74) is -1.78. The lowest BCUT2D eigenvalue weighted by Gasteiger charge is -2.55. The Morgan fingerprint density at radius 2 is 1.66 bits per heavy atom. The van der Waals surface area contributed by atoms with Gasteiger partial charge in [0.1, 0.15) is 22.8 Å². The highest BCUT2D eigenvalue weighted by Gasteiger charge is 2.67. The van der Waals surface area contributed by atoms with Crippen LogP contribution in [-0.2, 0) is 22.4 Å². The van der Waals surface area contributed by atoms with E-state index in [0.29, 0.717) is 17.0 Å². The molecule has 2 aromatic carbocycles. The van der Waals surface area contributed by atoms with Gasteiger partial charge in [0.25, 0.3) is 0 Å². The minimum absolute atomic E-state index is 0.0359. The summed E-state index contributed by atoms with van der Waals surface area (Å²) in [7, 11) is 0. The molecule has 7 heteroatoms. The Balaban J connectivity index is 1.55. The van der Waals surface area contributed by atoms with Gasteiger partial charge in [0.2, 0.25) is 5.78 Å². The van der Waals surface area contributed by atoms with Crippen molar-refractivity contribution in [1.29, 1.82) is 0 Å². The lowest BCUT2D eigenvalue weighted by molar-refractivity contribution is -0.158. The Labute approximate surface area is 257 Å². The van der Waals surface area contributed by atoms with Crippen molar-refractivity contribution in [2.45, 2.75) is 72.3 Å². The first-order valence-electron chi connectivity index (χ1n) is 14.8. The second-order valence-corrected chi connectivity index (χ2v) is 13.6. The fraction of sp³-hybridized carbons (Fsp3) is 0.378. The molecule has 3 atom stereocenters. The standard InChI is InChI=1S/C37H38O7/c1-20(2)15-21(3)16-24-9-7-23(8-10-24)11-12-25-13-14-27(39)30-26(25)17-35(5)19-36(6)18-28(40)29(22(4)38)33(42)37(36,44)34(43)31(35)32(30)41/h7-10,13-14,20,39-40,43-44H,3,15-19H2,1-2,4-6H3/t35-,36+,37+/m0/s1. The number of aliphatic hydroxyl groups excluding tert-OH is 2. The fourth-order valence-electron chi connectivity index (χ4n) is 7.56. The maximum atomic E-state index is 14.0. The molecule has 2 aromatic rings. The van der Waals surface area contributed by atoms with Crippen LogP contribution in [0.3, 0.4) is 0 Å². The van der Waals surface area contributed by atoms with Crippen LogP contribution in [0.4, 0.5) is 0 Å². The Morgan fingerprint density at radius 1 is 1.00 bits per heavy atom. The number of rotatable bonds is 5. The van der Waals surface area contributed by atoms with Gasteiger partial charge in [-0.3, -0.25) is 14.4 Å². The Bertz CT molecular complexity index is 1760. The molecule has 5 rings (SSSR count). The molecule has 4 N–H and O–H groups in total. The number of allylic oxidation sites excluding steroid dienone is 3. The highest BCUT2D eigenvalue weighted by atomic mass is 16.3. The van der Waals surface area contributed by atoms with Gasteiger partial charge < -0.3 is 20.4 Å². The van der Waals surface area contributed by atoms with Crippen LogP contribution in [0.2, 0.25) is 0 Å². The van der Waals surface area contributed by atoms with Crippen LogP contribution in [0.15, 0.2) is 71.2 Å². The molecule has 44 heavy (non-hydrogen) atoms. The molecular formula is C37H38O7. The molecule has 0 heterocycles. The molecule has 0 aromatic heterocycles. The van der Waals surface area contributed by atoms with E-state index in [1.54, 1.807) is 19.9 Å². The van der Waals surface area contributed by atoms with Crippen LogP contribution in [0, 0.1) is 28.6 Å². The summed E-state index contributed by atoms with van der Waals surface area (Å²) in [5, 5.41) is 44.8. The number of Topliss-reactive ketones (excluding diaryl/α,β-unsaturated/α-hetero) is 3. The summed E-state index contributed by atoms with van der Waals surface area (Å²) in [4.78, 5) is 39.7. The van der Waals surface area contributed by atoms with Gasteiger partial charge in [-0.1, -0.05) is 63.8 Å². The predicted octanol–water partition coefficient (Wildman–Crippen LogP) is 6.01. The van der Waals surface area contributed by atoms with E-state index in [2.05, 4.69) is 32.3 Å². The third-order valence-corrected chi connectivity index (χ3v) is 9.35. The molecule has 3 aliphatic carbocycles. The van der Waals surface area contributed by atoms with Gasteiger partial charge in [0, 0.05) is 34.0 Å². The van der Waals surface area contributed by atoms with E-state index in [1.807, 2.05) is 24.3 Å². The van der Waals surface area contributed by atoms with Crippen molar-refractivity contribution in [2.24, 2.45) is 16.7 Å². The minimum atomic E-state index is -2.59. The van der Waals surface area contributed by atoms with Crippen LogP contribution in [0.5, 0.6) is 5.75 Å². The smallest absolute Gasteiger partial charge is 0.209 e. The van der Waals surface area contributed by atoms with E-state index < -0.39 is 50.9 Å². The van der Waals surface area contributed by atoms with Gasteiger partial charge >= 0.3 is 0 Å². The third-order valence-electron chi connectivity index (χ3n) is 9.35. The lowest BCUT2D eigenvalue weighted by atomic mass is 9.48. The number of aromatic hydroxyl groups is 1. The maximum absolute atomic E-state index is 14.0. The van der Waals surface area contributed by atoms with Gasteiger partial charge in [-0.05, 0) is 73.9 Å². The highest BCUT2D eigenvalue weighted by Crippen LogP contribution is 2.62. The summed E-state index contributed by atoms with van der Waals surface area (Å²) >= 11 is 0. The van der Waals surface area contributed by atoms with E-state index in [1.165, 1.54) is 11.6 Å². The number of benzene rings is 2. The third kappa shape index (κ3) is 4.78. The molecule has 228 valence electrons. The van der Waals surface area contributed by atoms with Crippen LogP contribution >= 0.6 is 0 Å². The van der Waals surface area contributed by atoms with Crippen molar-refractivity contribution in [3.05, 3.63) is 99.0 Å². The SMILES string of the molecule is C=C(Cc1ccc(C#Cc2ccc(O)c3c2C[C@@]2(C)C[C@@]4(C)CC(O)=C(C(C)=O)C(=O)[C@@]4(O)C(O)=C2C3=O)cc1)CC(C)C. The largest absolute Gasteiger partial charge is 0.511 e. The molecule has 0 fully saturated rings. The Kier molecular flexibility index (Phi) is 7.50. The average molecular weight is 595 g/mol. The van der Waals surface area contributed by atoms with Crippen molar-refractivity contribution < 1.29 is 34.8 Å². The van der Waals surface area contributed by atoms with Crippen LogP contribution in [-0.4, -0.2) is 43.4 Å². The zero-order valence-corrected chi connectivity index (χ0v) is 25.8. The molecule has 0 spiro atoms. The summed E-state index contributed by atoms with van der Waals surface area (Å²) in [6.45, 7) is 12.9. The zero-order valence-electron chi connectivity index (χ0n) is 25.8. The highest BCUT2D eigenvalue weighted by molar-refractivity contribution is 6.25. The quantitative estimate of drug-likeness (QED) is 0.189. The van der Waals surface area contributed by atoms with E-state index in [4.69, 9.17) is 0 Å². The molecule has 0 aliphatic heterocycles. The number of hydrogen-bond acceptors (Lipinski definition) is 7. The molecule has 3 aliphatic rings. The number of ketones is 3. The van der Waals surface area contributed by atoms with Crippen LogP contribution in [0.25, 0.3) is 0 Å². The lowest BCUT2D eigenvalue weighted by Crippen LogP contribution is -2.63. The number of carbonyl (C=O) groups excluding carboxylic acids is 3. The van der Waals surface area contributed by atoms with E-state index in [-0.39, 0.29) is 36.1 Å². The molecule has 0 saturated carbocycles. The first-order chi connectivity index (χ1) is 20.5. The number of fused-ring (bicyclic) bond motifs is 3. The van der Waals surface area contributed by atoms with Gasteiger partial charge in [-0.25, -0.2) is 0 Å². The number of carbonyl (C=O) groups is 3. The summed E-state index contributed by atoms with van der Waals surface area (Å²) in [6, 6.07) is 10.9. The van der Waals surface area contributed by atoms with Gasteiger partial charge in [-0.2, -0.15) is 0 Å². The Hall–Kier alpha value is -4.41.